The lowest BCUT2D eigenvalue weighted by Crippen LogP contribution is -2.41. The summed E-state index contributed by atoms with van der Waals surface area (Å²) in [5.41, 5.74) is 0.547. The van der Waals surface area contributed by atoms with E-state index < -0.39 is 17.9 Å². The van der Waals surface area contributed by atoms with Gasteiger partial charge in [0.05, 0.1) is 17.4 Å². The van der Waals surface area contributed by atoms with Crippen molar-refractivity contribution in [3.63, 3.8) is 0 Å². The number of anilines is 1. The predicted octanol–water partition coefficient (Wildman–Crippen LogP) is 0.247. The first-order chi connectivity index (χ1) is 11.0. The van der Waals surface area contributed by atoms with E-state index in [1.165, 1.54) is 0 Å². The molecule has 0 aliphatic carbocycles. The van der Waals surface area contributed by atoms with Crippen molar-refractivity contribution in [2.45, 2.75) is 12.5 Å². The van der Waals surface area contributed by atoms with Gasteiger partial charge in [-0.1, -0.05) is 0 Å². The molecule has 1 fully saturated rings. The Morgan fingerprint density at radius 2 is 2.26 bits per heavy atom. The van der Waals surface area contributed by atoms with E-state index in [1.54, 1.807) is 29.0 Å². The van der Waals surface area contributed by atoms with Gasteiger partial charge in [-0.25, -0.2) is 4.79 Å². The molecule has 1 aliphatic rings. The molecule has 0 spiro atoms. The Morgan fingerprint density at radius 1 is 1.48 bits per heavy atom. The maximum atomic E-state index is 12.3. The number of carboxylic acid groups (broad SMARTS) is 1. The fourth-order valence-electron chi connectivity index (χ4n) is 2.41. The number of rotatable bonds is 4. The van der Waals surface area contributed by atoms with Crippen molar-refractivity contribution >= 4 is 23.5 Å². The summed E-state index contributed by atoms with van der Waals surface area (Å²) in [4.78, 5) is 36.7. The molecule has 2 amide bonds. The number of aromatic nitrogens is 2. The third kappa shape index (κ3) is 2.80. The van der Waals surface area contributed by atoms with E-state index in [-0.39, 0.29) is 17.2 Å². The Kier molecular flexibility index (Phi) is 3.61. The number of aromatic carboxylic acids is 1. The van der Waals surface area contributed by atoms with Gasteiger partial charge in [-0.15, -0.1) is 0 Å². The number of carbonyl (C=O) groups excluding carboxylic acids is 2. The van der Waals surface area contributed by atoms with Crippen LogP contribution in [0.5, 0.6) is 0 Å². The van der Waals surface area contributed by atoms with Crippen LogP contribution in [0.25, 0.3) is 0 Å². The molecule has 120 valence electrons. The summed E-state index contributed by atoms with van der Waals surface area (Å²) in [5, 5.41) is 15.4. The highest BCUT2D eigenvalue weighted by atomic mass is 16.4. The second-order valence-electron chi connectivity index (χ2n) is 5.18. The highest BCUT2D eigenvalue weighted by molar-refractivity contribution is 6.03. The van der Waals surface area contributed by atoms with Crippen molar-refractivity contribution in [1.29, 1.82) is 0 Å². The van der Waals surface area contributed by atoms with Crippen LogP contribution in [0.3, 0.4) is 0 Å². The minimum Gasteiger partial charge on any atom is -0.478 e. The number of amides is 2. The number of hydrogen-bond acceptors (Lipinski definition) is 5. The summed E-state index contributed by atoms with van der Waals surface area (Å²) < 4.78 is 6.51. The van der Waals surface area contributed by atoms with Crippen LogP contribution in [0.2, 0.25) is 0 Å². The van der Waals surface area contributed by atoms with Crippen molar-refractivity contribution in [3.8, 4) is 0 Å². The number of hydrogen-bond donors (Lipinski definition) is 2. The van der Waals surface area contributed by atoms with Crippen molar-refractivity contribution in [2.75, 3.05) is 11.4 Å². The summed E-state index contributed by atoms with van der Waals surface area (Å²) in [6.07, 6.45) is 4.73. The predicted molar refractivity (Wildman–Crippen MR) is 77.1 cm³/mol. The average molecular weight is 318 g/mol. The molecule has 1 aliphatic heterocycles. The van der Waals surface area contributed by atoms with E-state index in [0.29, 0.717) is 18.7 Å². The summed E-state index contributed by atoms with van der Waals surface area (Å²) in [6.45, 7) is 0.466. The monoisotopic (exact) mass is 318 g/mol. The lowest BCUT2D eigenvalue weighted by molar-refractivity contribution is -0.118. The van der Waals surface area contributed by atoms with Crippen LogP contribution in [-0.2, 0) is 11.8 Å². The molecule has 1 unspecified atom stereocenters. The topological polar surface area (TPSA) is 118 Å². The van der Waals surface area contributed by atoms with Crippen molar-refractivity contribution < 1.29 is 23.9 Å². The third-order valence-corrected chi connectivity index (χ3v) is 3.58. The lowest BCUT2D eigenvalue weighted by atomic mass is 10.2. The molecule has 0 saturated carbocycles. The van der Waals surface area contributed by atoms with Crippen LogP contribution in [0, 0.1) is 0 Å². The standard InChI is InChI=1S/C14H14N4O5/c1-17-6-9(5-15-17)18-3-2-10(13(18)20)16-12(19)11-4-8(7-23-11)14(21)22/h4-7,10H,2-3H2,1H3,(H,16,19)(H,21,22). The number of nitrogens with one attached hydrogen (secondary N) is 1. The van der Waals surface area contributed by atoms with Crippen LogP contribution >= 0.6 is 0 Å². The lowest BCUT2D eigenvalue weighted by Gasteiger charge is -2.14. The smallest absolute Gasteiger partial charge is 0.338 e. The van der Waals surface area contributed by atoms with Gasteiger partial charge in [-0.3, -0.25) is 14.3 Å². The summed E-state index contributed by atoms with van der Waals surface area (Å²) in [6, 6.07) is 0.441. The third-order valence-electron chi connectivity index (χ3n) is 3.58. The van der Waals surface area contributed by atoms with E-state index in [2.05, 4.69) is 10.4 Å². The van der Waals surface area contributed by atoms with Crippen molar-refractivity contribution in [1.82, 2.24) is 15.1 Å². The van der Waals surface area contributed by atoms with E-state index in [4.69, 9.17) is 9.52 Å². The molecular weight excluding hydrogens is 304 g/mol. The first kappa shape index (κ1) is 14.8. The van der Waals surface area contributed by atoms with Crippen LogP contribution in [0.4, 0.5) is 5.69 Å². The van der Waals surface area contributed by atoms with E-state index in [9.17, 15) is 14.4 Å². The van der Waals surface area contributed by atoms with Gasteiger partial charge in [-0.2, -0.15) is 5.10 Å². The molecule has 1 atom stereocenters. The number of aryl methyl sites for hydroxylation is 1. The highest BCUT2D eigenvalue weighted by Crippen LogP contribution is 2.21. The molecular formula is C14H14N4O5. The van der Waals surface area contributed by atoms with Gasteiger partial charge in [0.1, 0.15) is 12.3 Å². The molecule has 0 bridgehead atoms. The van der Waals surface area contributed by atoms with Gasteiger partial charge in [0.25, 0.3) is 5.91 Å². The molecule has 0 radical (unpaired) electrons. The molecule has 2 N–H and O–H groups in total. The molecule has 2 aromatic rings. The second kappa shape index (κ2) is 5.59. The molecule has 3 heterocycles. The zero-order valence-electron chi connectivity index (χ0n) is 12.2. The Balaban J connectivity index is 1.67. The van der Waals surface area contributed by atoms with Gasteiger partial charge in [0.2, 0.25) is 5.91 Å². The Bertz CT molecular complexity index is 778. The first-order valence-corrected chi connectivity index (χ1v) is 6.88. The summed E-state index contributed by atoms with van der Waals surface area (Å²) in [7, 11) is 1.75. The van der Waals surface area contributed by atoms with Crippen molar-refractivity contribution in [2.24, 2.45) is 7.05 Å². The maximum Gasteiger partial charge on any atom is 0.338 e. The fraction of sp³-hybridized carbons (Fsp3) is 0.286. The summed E-state index contributed by atoms with van der Waals surface area (Å²) >= 11 is 0. The molecule has 0 aromatic carbocycles. The van der Waals surface area contributed by atoms with Crippen LogP contribution in [0.15, 0.2) is 29.1 Å². The maximum absolute atomic E-state index is 12.3. The minimum absolute atomic E-state index is 0.120. The largest absolute Gasteiger partial charge is 0.478 e. The van der Waals surface area contributed by atoms with E-state index >= 15 is 0 Å². The van der Waals surface area contributed by atoms with E-state index in [1.807, 2.05) is 0 Å². The van der Waals surface area contributed by atoms with Gasteiger partial charge < -0.3 is 19.7 Å². The first-order valence-electron chi connectivity index (χ1n) is 6.88. The van der Waals surface area contributed by atoms with Crippen LogP contribution in [-0.4, -0.2) is 45.3 Å². The van der Waals surface area contributed by atoms with Gasteiger partial charge in [-0.05, 0) is 6.42 Å². The minimum atomic E-state index is -1.19. The second-order valence-corrected chi connectivity index (χ2v) is 5.18. The molecule has 2 aromatic heterocycles. The Hall–Kier alpha value is -3.10. The fourth-order valence-corrected chi connectivity index (χ4v) is 2.41. The Morgan fingerprint density at radius 3 is 2.87 bits per heavy atom. The molecule has 23 heavy (non-hydrogen) atoms. The summed E-state index contributed by atoms with van der Waals surface area (Å²) in [5.74, 6) is -2.19. The van der Waals surface area contributed by atoms with Gasteiger partial charge in [0.15, 0.2) is 5.76 Å². The zero-order chi connectivity index (χ0) is 16.6. The van der Waals surface area contributed by atoms with Crippen LogP contribution in [0.1, 0.15) is 27.3 Å². The molecule has 9 heteroatoms. The highest BCUT2D eigenvalue weighted by Gasteiger charge is 2.34. The van der Waals surface area contributed by atoms with Gasteiger partial charge in [0, 0.05) is 25.9 Å². The quantitative estimate of drug-likeness (QED) is 0.834. The normalized spacial score (nSPS) is 17.5. The molecule has 1 saturated heterocycles. The number of nitrogens with zero attached hydrogens (tertiary/aromatic N) is 3. The van der Waals surface area contributed by atoms with Crippen LogP contribution < -0.4 is 10.2 Å². The van der Waals surface area contributed by atoms with Gasteiger partial charge >= 0.3 is 5.97 Å². The molecule has 9 nitrogen and oxygen atoms in total. The number of carboxylic acids is 1. The SMILES string of the molecule is Cn1cc(N2CCC(NC(=O)c3cc(C(=O)O)co3)C2=O)cn1. The Labute approximate surface area is 130 Å². The zero-order valence-corrected chi connectivity index (χ0v) is 12.2. The van der Waals surface area contributed by atoms with Crippen molar-refractivity contribution in [3.05, 3.63) is 36.0 Å². The molecule has 3 rings (SSSR count). The van der Waals surface area contributed by atoms with E-state index in [0.717, 1.165) is 12.3 Å². The number of carbonyl (C=O) groups is 3. The number of furan rings is 1. The average Bonchev–Trinajstić information content (AvgIpc) is 3.20.